The smallest absolute Gasteiger partial charge is 0.241 e. The van der Waals surface area contributed by atoms with Crippen LogP contribution in [0.25, 0.3) is 0 Å². The first-order valence-electron chi connectivity index (χ1n) is 8.91. The minimum absolute atomic E-state index is 0. The molecule has 1 saturated heterocycles. The molecule has 1 N–H and O–H groups in total. The third kappa shape index (κ3) is 6.84. The summed E-state index contributed by atoms with van der Waals surface area (Å²) in [5.74, 6) is 0.913. The Balaban J connectivity index is 0.00000312. The van der Waals surface area contributed by atoms with E-state index in [-0.39, 0.29) is 29.9 Å². The average Bonchev–Trinajstić information content (AvgIpc) is 2.63. The molecule has 0 aromatic heterocycles. The summed E-state index contributed by atoms with van der Waals surface area (Å²) < 4.78 is 0. The Kier molecular flexibility index (Phi) is 9.85. The second-order valence-corrected chi connectivity index (χ2v) is 6.37. The number of carbonyl (C=O) groups excluding carboxylic acids is 1. The number of amides is 1. The average molecular weight is 458 g/mol. The molecule has 1 aromatic rings. The van der Waals surface area contributed by atoms with Gasteiger partial charge in [0.15, 0.2) is 5.96 Å². The predicted octanol–water partition coefficient (Wildman–Crippen LogP) is 2.89. The second kappa shape index (κ2) is 11.3. The number of hydrogen-bond acceptors (Lipinski definition) is 2. The van der Waals surface area contributed by atoms with Gasteiger partial charge in [0.25, 0.3) is 0 Å². The van der Waals surface area contributed by atoms with Gasteiger partial charge in [-0.2, -0.15) is 0 Å². The Hall–Kier alpha value is -1.31. The maximum absolute atomic E-state index is 12.3. The third-order valence-corrected chi connectivity index (χ3v) is 4.53. The largest absolute Gasteiger partial charge is 0.347 e. The number of aryl methyl sites for hydroxylation is 1. The maximum atomic E-state index is 12.3. The molecule has 0 spiro atoms. The zero-order chi connectivity index (χ0) is 17.4. The highest BCUT2D eigenvalue weighted by Gasteiger charge is 2.17. The van der Waals surface area contributed by atoms with Gasteiger partial charge in [-0.15, -0.1) is 24.0 Å². The van der Waals surface area contributed by atoms with Gasteiger partial charge in [0, 0.05) is 33.7 Å². The first-order chi connectivity index (χ1) is 11.6. The van der Waals surface area contributed by atoms with Crippen molar-refractivity contribution in [2.24, 2.45) is 4.99 Å². The zero-order valence-electron chi connectivity index (χ0n) is 15.6. The van der Waals surface area contributed by atoms with Crippen molar-refractivity contribution in [3.8, 4) is 0 Å². The van der Waals surface area contributed by atoms with E-state index in [1.54, 1.807) is 7.05 Å². The van der Waals surface area contributed by atoms with Crippen LogP contribution < -0.4 is 5.32 Å². The van der Waals surface area contributed by atoms with Crippen LogP contribution in [0, 0.1) is 0 Å². The monoisotopic (exact) mass is 458 g/mol. The number of carbonyl (C=O) groups is 1. The first kappa shape index (κ1) is 21.7. The fraction of sp³-hybridized carbons (Fsp3) is 0.579. The molecule has 5 nitrogen and oxygen atoms in total. The van der Waals surface area contributed by atoms with Crippen LogP contribution in [-0.4, -0.2) is 55.4 Å². The van der Waals surface area contributed by atoms with Crippen LogP contribution >= 0.6 is 24.0 Å². The molecule has 140 valence electrons. The molecule has 0 bridgehead atoms. The van der Waals surface area contributed by atoms with Crippen LogP contribution in [0.3, 0.4) is 0 Å². The molecule has 0 atom stereocenters. The van der Waals surface area contributed by atoms with Gasteiger partial charge in [-0.05, 0) is 36.8 Å². The number of benzene rings is 1. The quantitative estimate of drug-likeness (QED) is 0.420. The Bertz CT molecular complexity index is 553. The number of aliphatic imine (C=N–C) groups is 1. The van der Waals surface area contributed by atoms with Gasteiger partial charge in [-0.1, -0.05) is 31.2 Å². The van der Waals surface area contributed by atoms with Crippen molar-refractivity contribution in [2.45, 2.75) is 39.2 Å². The van der Waals surface area contributed by atoms with Gasteiger partial charge in [0.05, 0.1) is 6.54 Å². The summed E-state index contributed by atoms with van der Waals surface area (Å²) in [5.41, 5.74) is 2.58. The van der Waals surface area contributed by atoms with Gasteiger partial charge >= 0.3 is 0 Å². The SMILES string of the molecule is CCc1ccc(CN(C)C(=NC)NCC(=O)N2CCCCC2)cc1.I. The minimum atomic E-state index is 0. The van der Waals surface area contributed by atoms with Crippen LogP contribution in [0.4, 0.5) is 0 Å². The normalized spacial score (nSPS) is 14.7. The van der Waals surface area contributed by atoms with Gasteiger partial charge in [-0.3, -0.25) is 9.79 Å². The van der Waals surface area contributed by atoms with E-state index in [1.165, 1.54) is 17.5 Å². The topological polar surface area (TPSA) is 47.9 Å². The second-order valence-electron chi connectivity index (χ2n) is 6.37. The Morgan fingerprint density at radius 1 is 1.16 bits per heavy atom. The van der Waals surface area contributed by atoms with E-state index in [9.17, 15) is 4.79 Å². The number of piperidine rings is 1. The van der Waals surface area contributed by atoms with E-state index in [1.807, 2.05) is 16.8 Å². The number of rotatable bonds is 5. The molecule has 25 heavy (non-hydrogen) atoms. The van der Waals surface area contributed by atoms with Gasteiger partial charge in [0.2, 0.25) is 5.91 Å². The Morgan fingerprint density at radius 2 is 1.76 bits per heavy atom. The fourth-order valence-electron chi connectivity index (χ4n) is 3.02. The lowest BCUT2D eigenvalue weighted by Gasteiger charge is -2.28. The lowest BCUT2D eigenvalue weighted by Crippen LogP contribution is -2.46. The number of nitrogens with one attached hydrogen (secondary N) is 1. The lowest BCUT2D eigenvalue weighted by atomic mass is 10.1. The molecule has 1 heterocycles. The van der Waals surface area contributed by atoms with Gasteiger partial charge in [0.1, 0.15) is 0 Å². The van der Waals surface area contributed by atoms with E-state index >= 15 is 0 Å². The molecular weight excluding hydrogens is 427 g/mol. The van der Waals surface area contributed by atoms with Crippen molar-refractivity contribution >= 4 is 35.8 Å². The zero-order valence-corrected chi connectivity index (χ0v) is 18.0. The van der Waals surface area contributed by atoms with Crippen LogP contribution in [0.5, 0.6) is 0 Å². The number of halogens is 1. The number of likely N-dealkylation sites (tertiary alicyclic amines) is 1. The number of hydrogen-bond donors (Lipinski definition) is 1. The van der Waals surface area contributed by atoms with E-state index in [4.69, 9.17) is 0 Å². The highest BCUT2D eigenvalue weighted by atomic mass is 127. The lowest BCUT2D eigenvalue weighted by molar-refractivity contribution is -0.130. The summed E-state index contributed by atoms with van der Waals surface area (Å²) in [6.07, 6.45) is 4.53. The van der Waals surface area contributed by atoms with Crippen molar-refractivity contribution in [1.82, 2.24) is 15.1 Å². The van der Waals surface area contributed by atoms with Crippen LogP contribution in [0.1, 0.15) is 37.3 Å². The summed E-state index contributed by atoms with van der Waals surface area (Å²) in [4.78, 5) is 20.6. The van der Waals surface area contributed by atoms with Crippen LogP contribution in [0.2, 0.25) is 0 Å². The highest BCUT2D eigenvalue weighted by Crippen LogP contribution is 2.09. The Labute approximate surface area is 168 Å². The summed E-state index contributed by atoms with van der Waals surface area (Å²) in [5, 5.41) is 3.19. The van der Waals surface area contributed by atoms with Crippen LogP contribution in [-0.2, 0) is 17.8 Å². The third-order valence-electron chi connectivity index (χ3n) is 4.53. The van der Waals surface area contributed by atoms with Gasteiger partial charge in [-0.25, -0.2) is 0 Å². The summed E-state index contributed by atoms with van der Waals surface area (Å²) in [6.45, 7) is 5.01. The van der Waals surface area contributed by atoms with Crippen LogP contribution in [0.15, 0.2) is 29.3 Å². The first-order valence-corrected chi connectivity index (χ1v) is 8.91. The molecule has 1 fully saturated rings. The molecule has 2 rings (SSSR count). The molecule has 0 aliphatic carbocycles. The maximum Gasteiger partial charge on any atom is 0.241 e. The molecule has 1 aromatic carbocycles. The highest BCUT2D eigenvalue weighted by molar-refractivity contribution is 14.0. The van der Waals surface area contributed by atoms with Crippen molar-refractivity contribution in [3.05, 3.63) is 35.4 Å². The molecule has 1 aliphatic heterocycles. The summed E-state index contributed by atoms with van der Waals surface area (Å²) in [7, 11) is 3.75. The standard InChI is InChI=1S/C19H30N4O.HI/c1-4-16-8-10-17(11-9-16)15-22(3)19(20-2)21-14-18(24)23-12-6-5-7-13-23;/h8-11H,4-7,12-15H2,1-3H3,(H,20,21);1H. The van der Waals surface area contributed by atoms with E-state index < -0.39 is 0 Å². The van der Waals surface area contributed by atoms with Crippen molar-refractivity contribution < 1.29 is 4.79 Å². The van der Waals surface area contributed by atoms with Crippen molar-refractivity contribution in [2.75, 3.05) is 33.7 Å². The van der Waals surface area contributed by atoms with Crippen molar-refractivity contribution in [1.29, 1.82) is 0 Å². The Morgan fingerprint density at radius 3 is 2.32 bits per heavy atom. The molecule has 6 heteroatoms. The fourth-order valence-corrected chi connectivity index (χ4v) is 3.02. The van der Waals surface area contributed by atoms with E-state index in [0.29, 0.717) is 6.54 Å². The molecular formula is C19H31IN4O. The molecule has 1 aliphatic rings. The molecule has 1 amide bonds. The molecule has 0 radical (unpaired) electrons. The number of guanidine groups is 1. The summed E-state index contributed by atoms with van der Waals surface area (Å²) >= 11 is 0. The van der Waals surface area contributed by atoms with E-state index in [2.05, 4.69) is 41.5 Å². The number of nitrogens with zero attached hydrogens (tertiary/aromatic N) is 3. The molecule has 0 unspecified atom stereocenters. The minimum Gasteiger partial charge on any atom is -0.347 e. The summed E-state index contributed by atoms with van der Waals surface area (Å²) in [6, 6.07) is 8.64. The predicted molar refractivity (Wildman–Crippen MR) is 114 cm³/mol. The van der Waals surface area contributed by atoms with E-state index in [0.717, 1.165) is 44.9 Å². The van der Waals surface area contributed by atoms with Crippen molar-refractivity contribution in [3.63, 3.8) is 0 Å². The van der Waals surface area contributed by atoms with Gasteiger partial charge < -0.3 is 15.1 Å². The molecule has 0 saturated carbocycles.